The summed E-state index contributed by atoms with van der Waals surface area (Å²) in [5.74, 6) is 0.0773. The molecule has 1 N–H and O–H groups in total. The Hall–Kier alpha value is -2.27. The van der Waals surface area contributed by atoms with Crippen LogP contribution in [0.4, 0.5) is 0 Å². The normalized spacial score (nSPS) is 13.0. The minimum Gasteiger partial charge on any atom is -0.466 e. The average Bonchev–Trinajstić information content (AvgIpc) is 2.93. The first-order valence-corrected chi connectivity index (χ1v) is 5.89. The second kappa shape index (κ2) is 4.13. The van der Waals surface area contributed by atoms with E-state index < -0.39 is 11.9 Å². The number of aryl methyl sites for hydroxylation is 2. The first-order chi connectivity index (χ1) is 9.08. The molecule has 1 unspecified atom stereocenters. The summed E-state index contributed by atoms with van der Waals surface area (Å²) in [6, 6.07) is 6.95. The van der Waals surface area contributed by atoms with E-state index in [-0.39, 0.29) is 0 Å². The summed E-state index contributed by atoms with van der Waals surface area (Å²) in [5, 5.41) is 10.3. The molecule has 0 spiro atoms. The highest BCUT2D eigenvalue weighted by Gasteiger charge is 2.18. The van der Waals surface area contributed by atoms with Crippen LogP contribution in [-0.2, 0) is 7.05 Å². The molecular formula is C14H13NO4. The van der Waals surface area contributed by atoms with Gasteiger partial charge in [-0.1, -0.05) is 6.07 Å². The van der Waals surface area contributed by atoms with Crippen molar-refractivity contribution < 1.29 is 13.9 Å². The van der Waals surface area contributed by atoms with Crippen molar-refractivity contribution in [3.05, 3.63) is 58.0 Å². The minimum atomic E-state index is -0.870. The number of rotatable bonds is 2. The Balaban J connectivity index is 2.11. The van der Waals surface area contributed by atoms with E-state index in [0.717, 1.165) is 5.56 Å². The lowest BCUT2D eigenvalue weighted by Gasteiger charge is -2.09. The van der Waals surface area contributed by atoms with E-state index in [0.29, 0.717) is 22.4 Å². The lowest BCUT2D eigenvalue weighted by molar-refractivity contribution is 0.188. The van der Waals surface area contributed by atoms with E-state index >= 15 is 0 Å². The minimum absolute atomic E-state index is 0.421. The van der Waals surface area contributed by atoms with E-state index in [1.165, 1.54) is 10.8 Å². The van der Waals surface area contributed by atoms with Crippen molar-refractivity contribution >= 4 is 11.1 Å². The number of aliphatic hydroxyl groups is 1. The van der Waals surface area contributed by atoms with Crippen LogP contribution in [-0.4, -0.2) is 9.67 Å². The van der Waals surface area contributed by atoms with Crippen LogP contribution in [0, 0.1) is 6.92 Å². The van der Waals surface area contributed by atoms with Gasteiger partial charge in [0.1, 0.15) is 11.9 Å². The van der Waals surface area contributed by atoms with Crippen molar-refractivity contribution in [3.63, 3.8) is 0 Å². The molecule has 19 heavy (non-hydrogen) atoms. The number of aliphatic hydroxyl groups excluding tert-OH is 1. The zero-order valence-corrected chi connectivity index (χ0v) is 10.6. The molecular weight excluding hydrogens is 246 g/mol. The van der Waals surface area contributed by atoms with Gasteiger partial charge in [0.15, 0.2) is 5.58 Å². The summed E-state index contributed by atoms with van der Waals surface area (Å²) >= 11 is 0. The molecule has 0 fully saturated rings. The third-order valence-corrected chi connectivity index (χ3v) is 3.28. The van der Waals surface area contributed by atoms with Gasteiger partial charge in [-0.3, -0.25) is 4.57 Å². The summed E-state index contributed by atoms with van der Waals surface area (Å²) in [7, 11) is 1.64. The van der Waals surface area contributed by atoms with Crippen LogP contribution in [0.5, 0.6) is 0 Å². The molecule has 2 aromatic heterocycles. The molecule has 0 saturated heterocycles. The van der Waals surface area contributed by atoms with Gasteiger partial charge in [-0.15, -0.1) is 0 Å². The van der Waals surface area contributed by atoms with Crippen LogP contribution < -0.4 is 5.76 Å². The fourth-order valence-electron chi connectivity index (χ4n) is 2.14. The maximum absolute atomic E-state index is 11.4. The van der Waals surface area contributed by atoms with E-state index in [9.17, 15) is 9.90 Å². The number of nitrogens with zero attached hydrogens (tertiary/aromatic N) is 1. The molecule has 1 atom stereocenters. The molecule has 1 aromatic carbocycles. The van der Waals surface area contributed by atoms with Gasteiger partial charge < -0.3 is 13.9 Å². The Morgan fingerprint density at radius 2 is 2.11 bits per heavy atom. The predicted octanol–water partition coefficient (Wildman–Crippen LogP) is 2.11. The lowest BCUT2D eigenvalue weighted by Crippen LogP contribution is -2.08. The molecule has 0 aliphatic rings. The molecule has 3 aromatic rings. The average molecular weight is 259 g/mol. The third-order valence-electron chi connectivity index (χ3n) is 3.28. The number of furan rings is 1. The number of hydrogen-bond acceptors (Lipinski definition) is 4. The Morgan fingerprint density at radius 1 is 1.32 bits per heavy atom. The molecule has 0 aliphatic heterocycles. The van der Waals surface area contributed by atoms with Crippen LogP contribution in [0.25, 0.3) is 11.1 Å². The van der Waals surface area contributed by atoms with Gasteiger partial charge in [0, 0.05) is 7.05 Å². The monoisotopic (exact) mass is 259 g/mol. The molecule has 0 aliphatic carbocycles. The fourth-order valence-corrected chi connectivity index (χ4v) is 2.14. The van der Waals surface area contributed by atoms with Crippen molar-refractivity contribution in [1.82, 2.24) is 4.57 Å². The van der Waals surface area contributed by atoms with Gasteiger partial charge in [-0.05, 0) is 36.2 Å². The molecule has 3 rings (SSSR count). The second-order valence-corrected chi connectivity index (χ2v) is 4.52. The summed E-state index contributed by atoms with van der Waals surface area (Å²) < 4.78 is 11.8. The second-order valence-electron chi connectivity index (χ2n) is 4.52. The Labute approximate surface area is 108 Å². The Bertz CT molecular complexity index is 793. The summed E-state index contributed by atoms with van der Waals surface area (Å²) in [4.78, 5) is 11.4. The van der Waals surface area contributed by atoms with Gasteiger partial charge in [0.05, 0.1) is 11.8 Å². The van der Waals surface area contributed by atoms with Crippen LogP contribution in [0.3, 0.4) is 0 Å². The highest BCUT2D eigenvalue weighted by Crippen LogP contribution is 2.27. The molecule has 0 radical (unpaired) electrons. The molecule has 5 nitrogen and oxygen atoms in total. The molecule has 0 amide bonds. The van der Waals surface area contributed by atoms with E-state index in [4.69, 9.17) is 8.83 Å². The topological polar surface area (TPSA) is 68.5 Å². The quantitative estimate of drug-likeness (QED) is 0.765. The number of fused-ring (bicyclic) bond motifs is 1. The van der Waals surface area contributed by atoms with Crippen molar-refractivity contribution in [2.75, 3.05) is 0 Å². The van der Waals surface area contributed by atoms with E-state index in [1.807, 2.05) is 6.92 Å². The molecule has 0 bridgehead atoms. The number of aromatic nitrogens is 1. The zero-order chi connectivity index (χ0) is 13.6. The SMILES string of the molecule is Cc1ccoc1C(O)c1ccc2c(c1)oc(=O)n2C. The number of benzene rings is 1. The van der Waals surface area contributed by atoms with Gasteiger partial charge in [-0.2, -0.15) is 0 Å². The van der Waals surface area contributed by atoms with Crippen molar-refractivity contribution in [3.8, 4) is 0 Å². The van der Waals surface area contributed by atoms with Gasteiger partial charge in [0.2, 0.25) is 0 Å². The summed E-state index contributed by atoms with van der Waals surface area (Å²) in [6.07, 6.45) is 0.666. The maximum atomic E-state index is 11.4. The predicted molar refractivity (Wildman–Crippen MR) is 69.0 cm³/mol. The smallest absolute Gasteiger partial charge is 0.419 e. The zero-order valence-electron chi connectivity index (χ0n) is 10.6. The summed E-state index contributed by atoms with van der Waals surface area (Å²) in [5.41, 5.74) is 2.65. The van der Waals surface area contributed by atoms with Crippen molar-refractivity contribution in [2.45, 2.75) is 13.0 Å². The Kier molecular flexibility index (Phi) is 2.57. The molecule has 98 valence electrons. The highest BCUT2D eigenvalue weighted by molar-refractivity contribution is 5.73. The number of hydrogen-bond donors (Lipinski definition) is 1. The summed E-state index contributed by atoms with van der Waals surface area (Å²) in [6.45, 7) is 1.86. The van der Waals surface area contributed by atoms with Crippen molar-refractivity contribution in [2.24, 2.45) is 7.05 Å². The lowest BCUT2D eigenvalue weighted by atomic mass is 10.0. The maximum Gasteiger partial charge on any atom is 0.419 e. The number of oxazole rings is 1. The first-order valence-electron chi connectivity index (χ1n) is 5.89. The van der Waals surface area contributed by atoms with Crippen LogP contribution in [0.1, 0.15) is 23.0 Å². The van der Waals surface area contributed by atoms with Gasteiger partial charge in [-0.25, -0.2) is 4.79 Å². The molecule has 2 heterocycles. The molecule has 0 saturated carbocycles. The first kappa shape index (κ1) is 11.8. The largest absolute Gasteiger partial charge is 0.466 e. The van der Waals surface area contributed by atoms with Gasteiger partial charge >= 0.3 is 5.76 Å². The van der Waals surface area contributed by atoms with E-state index in [1.54, 1.807) is 31.3 Å². The van der Waals surface area contributed by atoms with Crippen LogP contribution in [0.15, 0.2) is 44.2 Å². The third kappa shape index (κ3) is 1.79. The van der Waals surface area contributed by atoms with Gasteiger partial charge in [0.25, 0.3) is 0 Å². The van der Waals surface area contributed by atoms with Crippen LogP contribution >= 0.6 is 0 Å². The van der Waals surface area contributed by atoms with Crippen molar-refractivity contribution in [1.29, 1.82) is 0 Å². The van der Waals surface area contributed by atoms with Crippen LogP contribution in [0.2, 0.25) is 0 Å². The Morgan fingerprint density at radius 3 is 2.79 bits per heavy atom. The fraction of sp³-hybridized carbons (Fsp3) is 0.214. The standard InChI is InChI=1S/C14H13NO4/c1-8-5-6-18-13(8)12(16)9-3-4-10-11(7-9)19-14(17)15(10)2/h3-7,12,16H,1-2H3. The highest BCUT2D eigenvalue weighted by atomic mass is 16.4. The molecule has 5 heteroatoms. The van der Waals surface area contributed by atoms with E-state index in [2.05, 4.69) is 0 Å².